The van der Waals surface area contributed by atoms with Crippen LogP contribution in [-0.4, -0.2) is 46.7 Å². The smallest absolute Gasteiger partial charge is 0.176 e. The third-order valence-electron chi connectivity index (χ3n) is 5.99. The van der Waals surface area contributed by atoms with Crippen LogP contribution >= 0.6 is 11.6 Å². The number of benzene rings is 1. The van der Waals surface area contributed by atoms with Crippen LogP contribution in [0.2, 0.25) is 5.02 Å². The van der Waals surface area contributed by atoms with Gasteiger partial charge in [0.1, 0.15) is 29.5 Å². The van der Waals surface area contributed by atoms with Crippen molar-refractivity contribution in [2.24, 2.45) is 0 Å². The van der Waals surface area contributed by atoms with E-state index in [0.717, 1.165) is 0 Å². The molecule has 27 heavy (non-hydrogen) atoms. The average molecular weight is 389 g/mol. The Bertz CT molecular complexity index is 1070. The molecule has 1 saturated heterocycles. The number of halogens is 1. The number of aromatic nitrogens is 3. The first-order valence-electron chi connectivity index (χ1n) is 8.39. The topological polar surface area (TPSA) is 127 Å². The zero-order chi connectivity index (χ0) is 19.2. The summed E-state index contributed by atoms with van der Waals surface area (Å²) in [4.78, 5) is 8.13. The minimum atomic E-state index is -1.70. The number of ether oxygens (including phenoxy) is 1. The van der Waals surface area contributed by atoms with Crippen LogP contribution in [0.1, 0.15) is 24.8 Å². The van der Waals surface area contributed by atoms with Gasteiger partial charge >= 0.3 is 0 Å². The van der Waals surface area contributed by atoms with Crippen molar-refractivity contribution in [1.29, 1.82) is 0 Å². The van der Waals surface area contributed by atoms with Gasteiger partial charge in [-0.15, -0.1) is 0 Å². The number of fused-ring (bicyclic) bond motifs is 2. The number of rotatable bonds is 3. The van der Waals surface area contributed by atoms with Crippen LogP contribution in [0.3, 0.4) is 0 Å². The fourth-order valence-electron chi connectivity index (χ4n) is 4.39. The molecule has 1 saturated carbocycles. The second-order valence-corrected chi connectivity index (χ2v) is 7.65. The molecule has 5 N–H and O–H groups in total. The highest BCUT2D eigenvalue weighted by atomic mass is 35.5. The SMILES string of the molecule is C[C@]1(O)[C@]2(O)[C@H](n3ccc4c(N)ncnc43)O[C@]12[C@H](O)c1ccc(Cl)cc1. The van der Waals surface area contributed by atoms with Crippen LogP contribution < -0.4 is 5.73 Å². The lowest BCUT2D eigenvalue weighted by Crippen LogP contribution is -2.53. The molecule has 3 aromatic rings. The molecular weight excluding hydrogens is 372 g/mol. The van der Waals surface area contributed by atoms with Gasteiger partial charge in [-0.05, 0) is 30.7 Å². The highest BCUT2D eigenvalue weighted by molar-refractivity contribution is 6.30. The van der Waals surface area contributed by atoms with E-state index in [1.54, 1.807) is 41.1 Å². The van der Waals surface area contributed by atoms with E-state index in [1.165, 1.54) is 13.3 Å². The zero-order valence-electron chi connectivity index (χ0n) is 14.2. The molecule has 2 aromatic heterocycles. The third kappa shape index (κ3) is 1.73. The lowest BCUT2D eigenvalue weighted by molar-refractivity contribution is -0.283. The van der Waals surface area contributed by atoms with Crippen molar-refractivity contribution in [1.82, 2.24) is 14.5 Å². The predicted molar refractivity (Wildman–Crippen MR) is 96.8 cm³/mol. The van der Waals surface area contributed by atoms with Crippen LogP contribution in [0.25, 0.3) is 11.0 Å². The number of anilines is 1. The Morgan fingerprint density at radius 1 is 1.22 bits per heavy atom. The van der Waals surface area contributed by atoms with Gasteiger partial charge in [-0.25, -0.2) is 9.97 Å². The minimum Gasteiger partial charge on any atom is -0.385 e. The van der Waals surface area contributed by atoms with Gasteiger partial charge in [-0.1, -0.05) is 23.7 Å². The highest BCUT2D eigenvalue weighted by Crippen LogP contribution is 2.78. The molecule has 0 amide bonds. The Labute approximate surface area is 158 Å². The summed E-state index contributed by atoms with van der Waals surface area (Å²) >= 11 is 5.89. The second kappa shape index (κ2) is 4.98. The Morgan fingerprint density at radius 2 is 1.93 bits per heavy atom. The summed E-state index contributed by atoms with van der Waals surface area (Å²) in [6.07, 6.45) is 0.803. The first-order valence-corrected chi connectivity index (χ1v) is 8.76. The number of aliphatic hydroxyl groups excluding tert-OH is 1. The van der Waals surface area contributed by atoms with Crippen molar-refractivity contribution in [2.45, 2.75) is 36.1 Å². The number of nitrogens with zero attached hydrogens (tertiary/aromatic N) is 3. The Kier molecular flexibility index (Phi) is 3.12. The number of hydrogen-bond donors (Lipinski definition) is 4. The van der Waals surface area contributed by atoms with Crippen LogP contribution in [0.4, 0.5) is 5.82 Å². The molecule has 1 aliphatic heterocycles. The molecule has 1 aliphatic carbocycles. The van der Waals surface area contributed by atoms with Crippen molar-refractivity contribution in [2.75, 3.05) is 5.73 Å². The standard InChI is InChI=1S/C18H17ClN4O4/c1-16(25)17(26)15(23-7-6-11-13(20)21-8-22-14(11)23)27-18(16,17)12(24)9-2-4-10(19)5-3-9/h2-8,12,15,24-26H,1H3,(H2,20,21,22)/t12-,15-,16+,17-,18-/m1/s1. The maximum absolute atomic E-state index is 11.3. The number of aliphatic hydroxyl groups is 3. The lowest BCUT2D eigenvalue weighted by Gasteiger charge is -2.42. The monoisotopic (exact) mass is 388 g/mol. The molecule has 2 fully saturated rings. The van der Waals surface area contributed by atoms with Gasteiger partial charge < -0.3 is 30.4 Å². The maximum Gasteiger partial charge on any atom is 0.176 e. The van der Waals surface area contributed by atoms with Crippen LogP contribution in [-0.2, 0) is 4.74 Å². The summed E-state index contributed by atoms with van der Waals surface area (Å²) in [7, 11) is 0. The van der Waals surface area contributed by atoms with Crippen molar-refractivity contribution in [3.05, 3.63) is 53.4 Å². The number of nitrogen functional groups attached to an aromatic ring is 1. The van der Waals surface area contributed by atoms with E-state index < -0.39 is 29.1 Å². The Hall–Kier alpha value is -2.23. The minimum absolute atomic E-state index is 0.306. The molecule has 0 unspecified atom stereocenters. The molecule has 5 atom stereocenters. The molecule has 8 nitrogen and oxygen atoms in total. The summed E-state index contributed by atoms with van der Waals surface area (Å²) in [5.41, 5.74) is 1.89. The third-order valence-corrected chi connectivity index (χ3v) is 6.24. The summed E-state index contributed by atoms with van der Waals surface area (Å²) in [6, 6.07) is 8.23. The Morgan fingerprint density at radius 3 is 2.59 bits per heavy atom. The van der Waals surface area contributed by atoms with E-state index in [2.05, 4.69) is 9.97 Å². The molecule has 140 valence electrons. The predicted octanol–water partition coefficient (Wildman–Crippen LogP) is 1.16. The highest BCUT2D eigenvalue weighted by Gasteiger charge is 3.00. The molecule has 1 aromatic carbocycles. The van der Waals surface area contributed by atoms with Gasteiger partial charge in [0.2, 0.25) is 0 Å². The van der Waals surface area contributed by atoms with Gasteiger partial charge in [0, 0.05) is 11.2 Å². The molecule has 9 heteroatoms. The lowest BCUT2D eigenvalue weighted by atomic mass is 9.94. The molecule has 5 rings (SSSR count). The fraction of sp³-hybridized carbons (Fsp3) is 0.333. The quantitative estimate of drug-likeness (QED) is 0.530. The van der Waals surface area contributed by atoms with E-state index in [1.807, 2.05) is 0 Å². The van der Waals surface area contributed by atoms with Crippen molar-refractivity contribution < 1.29 is 20.1 Å². The summed E-state index contributed by atoms with van der Waals surface area (Å²) in [5.74, 6) is 0.306. The molecule has 2 aliphatic rings. The Balaban J connectivity index is 1.55. The summed E-state index contributed by atoms with van der Waals surface area (Å²) < 4.78 is 7.52. The van der Waals surface area contributed by atoms with E-state index >= 15 is 0 Å². The average Bonchev–Trinajstić information content (AvgIpc) is 2.94. The van der Waals surface area contributed by atoms with E-state index in [4.69, 9.17) is 22.1 Å². The summed E-state index contributed by atoms with van der Waals surface area (Å²) in [6.45, 7) is 1.45. The van der Waals surface area contributed by atoms with E-state index in [0.29, 0.717) is 27.4 Å². The number of nitrogens with two attached hydrogens (primary N) is 1. The van der Waals surface area contributed by atoms with Gasteiger partial charge in [0.25, 0.3) is 0 Å². The zero-order valence-corrected chi connectivity index (χ0v) is 15.0. The van der Waals surface area contributed by atoms with Crippen LogP contribution in [0, 0.1) is 0 Å². The first-order chi connectivity index (χ1) is 12.8. The molecule has 0 radical (unpaired) electrons. The van der Waals surface area contributed by atoms with Crippen molar-refractivity contribution >= 4 is 28.5 Å². The van der Waals surface area contributed by atoms with Gasteiger partial charge in [0.05, 0.1) is 5.39 Å². The molecule has 0 spiro atoms. The van der Waals surface area contributed by atoms with Crippen LogP contribution in [0.15, 0.2) is 42.9 Å². The van der Waals surface area contributed by atoms with E-state index in [-0.39, 0.29) is 0 Å². The van der Waals surface area contributed by atoms with Crippen LogP contribution in [0.5, 0.6) is 0 Å². The van der Waals surface area contributed by atoms with Gasteiger partial charge in [-0.3, -0.25) is 0 Å². The normalized spacial score (nSPS) is 35.5. The first kappa shape index (κ1) is 16.9. The molecular formula is C18H17ClN4O4. The molecule has 0 bridgehead atoms. The molecule has 3 heterocycles. The second-order valence-electron chi connectivity index (χ2n) is 7.22. The van der Waals surface area contributed by atoms with Gasteiger partial charge in [-0.2, -0.15) is 0 Å². The van der Waals surface area contributed by atoms with E-state index in [9.17, 15) is 15.3 Å². The number of hydrogen-bond acceptors (Lipinski definition) is 7. The summed E-state index contributed by atoms with van der Waals surface area (Å²) in [5, 5.41) is 34.1. The van der Waals surface area contributed by atoms with Gasteiger partial charge in [0.15, 0.2) is 17.4 Å². The largest absolute Gasteiger partial charge is 0.385 e. The maximum atomic E-state index is 11.3. The van der Waals surface area contributed by atoms with Crippen molar-refractivity contribution in [3.8, 4) is 0 Å². The fourth-order valence-corrected chi connectivity index (χ4v) is 4.52. The van der Waals surface area contributed by atoms with Crippen molar-refractivity contribution in [3.63, 3.8) is 0 Å².